The number of carbonyl (C=O) groups excluding carboxylic acids is 2. The van der Waals surface area contributed by atoms with Crippen molar-refractivity contribution in [2.75, 3.05) is 0 Å². The Balaban J connectivity index is 1.58. The normalized spacial score (nSPS) is 18.7. The molecule has 2 saturated carbocycles. The van der Waals surface area contributed by atoms with Crippen LogP contribution in [0.4, 0.5) is 9.59 Å². The summed E-state index contributed by atoms with van der Waals surface area (Å²) in [7, 11) is 0. The lowest BCUT2D eigenvalue weighted by molar-refractivity contribution is 0.106. The zero-order valence-electron chi connectivity index (χ0n) is 15.9. The van der Waals surface area contributed by atoms with Crippen molar-refractivity contribution in [1.82, 2.24) is 15.5 Å². The Kier molecular flexibility index (Phi) is 7.39. The number of benzene rings is 1. The summed E-state index contributed by atoms with van der Waals surface area (Å²) >= 11 is 5.97. The molecule has 0 radical (unpaired) electrons. The Morgan fingerprint density at radius 1 is 0.963 bits per heavy atom. The zero-order chi connectivity index (χ0) is 19.1. The maximum atomic E-state index is 13.0. The minimum absolute atomic E-state index is 0.239. The van der Waals surface area contributed by atoms with E-state index >= 15 is 0 Å². The topological polar surface area (TPSA) is 61.4 Å². The summed E-state index contributed by atoms with van der Waals surface area (Å²) in [5, 5.41) is 5.96. The van der Waals surface area contributed by atoms with Gasteiger partial charge in [0.2, 0.25) is 0 Å². The fourth-order valence-electron chi connectivity index (χ4n) is 4.38. The van der Waals surface area contributed by atoms with Crippen LogP contribution >= 0.6 is 11.6 Å². The molecule has 2 fully saturated rings. The van der Waals surface area contributed by atoms with Gasteiger partial charge in [0.25, 0.3) is 0 Å². The fourth-order valence-corrected chi connectivity index (χ4v) is 4.60. The van der Waals surface area contributed by atoms with Crippen LogP contribution in [0, 0.1) is 0 Å². The molecule has 0 aromatic heterocycles. The van der Waals surface area contributed by atoms with E-state index in [0.29, 0.717) is 11.6 Å². The number of hydrogen-bond donors (Lipinski definition) is 2. The number of nitrogens with one attached hydrogen (secondary N) is 2. The van der Waals surface area contributed by atoms with Gasteiger partial charge in [0.1, 0.15) is 0 Å². The number of rotatable bonds is 4. The van der Waals surface area contributed by atoms with E-state index in [1.807, 2.05) is 17.0 Å². The Morgan fingerprint density at radius 2 is 1.56 bits per heavy atom. The van der Waals surface area contributed by atoms with Gasteiger partial charge in [-0.05, 0) is 43.4 Å². The molecule has 148 valence electrons. The third-order valence-corrected chi connectivity index (χ3v) is 5.97. The van der Waals surface area contributed by atoms with E-state index < -0.39 is 6.03 Å². The van der Waals surface area contributed by atoms with Gasteiger partial charge in [-0.2, -0.15) is 0 Å². The van der Waals surface area contributed by atoms with Gasteiger partial charge in [-0.1, -0.05) is 62.3 Å². The Labute approximate surface area is 166 Å². The molecule has 0 bridgehead atoms. The summed E-state index contributed by atoms with van der Waals surface area (Å²) in [6.07, 6.45) is 11.4. The molecule has 2 aliphatic rings. The molecule has 0 heterocycles. The SMILES string of the molecule is O=C(NCc1cccc(Cl)c1)NC(=O)N(C1CCCCC1)C1CCCCC1. The average molecular weight is 392 g/mol. The van der Waals surface area contributed by atoms with Crippen molar-refractivity contribution < 1.29 is 9.59 Å². The lowest BCUT2D eigenvalue weighted by Gasteiger charge is -2.41. The predicted octanol–water partition coefficient (Wildman–Crippen LogP) is 5.23. The molecule has 0 unspecified atom stereocenters. The highest BCUT2D eigenvalue weighted by Crippen LogP contribution is 2.30. The number of carbonyl (C=O) groups is 2. The molecule has 5 nitrogen and oxygen atoms in total. The van der Waals surface area contributed by atoms with Crippen molar-refractivity contribution in [3.8, 4) is 0 Å². The summed E-state index contributed by atoms with van der Waals surface area (Å²) in [4.78, 5) is 27.2. The summed E-state index contributed by atoms with van der Waals surface area (Å²) < 4.78 is 0. The first kappa shape index (κ1) is 20.0. The van der Waals surface area contributed by atoms with Crippen LogP contribution in [-0.2, 0) is 6.54 Å². The van der Waals surface area contributed by atoms with Crippen LogP contribution < -0.4 is 10.6 Å². The van der Waals surface area contributed by atoms with Gasteiger partial charge >= 0.3 is 12.1 Å². The van der Waals surface area contributed by atoms with Crippen molar-refractivity contribution in [3.05, 3.63) is 34.9 Å². The highest BCUT2D eigenvalue weighted by molar-refractivity contribution is 6.30. The van der Waals surface area contributed by atoms with Crippen molar-refractivity contribution in [3.63, 3.8) is 0 Å². The zero-order valence-corrected chi connectivity index (χ0v) is 16.6. The Morgan fingerprint density at radius 3 is 2.11 bits per heavy atom. The van der Waals surface area contributed by atoms with Crippen LogP contribution in [0.2, 0.25) is 5.02 Å². The molecule has 6 heteroatoms. The summed E-state index contributed by atoms with van der Waals surface area (Å²) in [5.74, 6) is 0. The van der Waals surface area contributed by atoms with Gasteiger partial charge < -0.3 is 10.2 Å². The third kappa shape index (κ3) is 5.86. The van der Waals surface area contributed by atoms with Crippen LogP contribution in [0.1, 0.15) is 69.8 Å². The number of nitrogens with zero attached hydrogens (tertiary/aromatic N) is 1. The first-order valence-electron chi connectivity index (χ1n) is 10.2. The molecule has 1 aromatic carbocycles. The van der Waals surface area contributed by atoms with Gasteiger partial charge in [-0.25, -0.2) is 9.59 Å². The molecule has 0 atom stereocenters. The highest BCUT2D eigenvalue weighted by atomic mass is 35.5. The molecule has 2 aliphatic carbocycles. The summed E-state index contributed by atoms with van der Waals surface area (Å²) in [5.41, 5.74) is 0.904. The molecular formula is C21H30ClN3O2. The smallest absolute Gasteiger partial charge is 0.325 e. The second-order valence-corrected chi connectivity index (χ2v) is 8.17. The summed E-state index contributed by atoms with van der Waals surface area (Å²) in [6.45, 7) is 0.340. The van der Waals surface area contributed by atoms with E-state index in [1.165, 1.54) is 38.5 Å². The maximum Gasteiger partial charge on any atom is 0.325 e. The quantitative estimate of drug-likeness (QED) is 0.738. The molecule has 0 saturated heterocycles. The van der Waals surface area contributed by atoms with Gasteiger partial charge in [0.05, 0.1) is 0 Å². The lowest BCUT2D eigenvalue weighted by atomic mass is 9.89. The number of imide groups is 1. The minimum atomic E-state index is -0.448. The highest BCUT2D eigenvalue weighted by Gasteiger charge is 2.33. The second-order valence-electron chi connectivity index (χ2n) is 7.73. The molecule has 4 amide bonds. The average Bonchev–Trinajstić information content (AvgIpc) is 2.68. The third-order valence-electron chi connectivity index (χ3n) is 5.73. The minimum Gasteiger partial charge on any atom is -0.334 e. The number of urea groups is 2. The number of amides is 4. The van der Waals surface area contributed by atoms with Crippen molar-refractivity contribution in [2.24, 2.45) is 0 Å². The van der Waals surface area contributed by atoms with Crippen LogP contribution in [0.15, 0.2) is 24.3 Å². The van der Waals surface area contributed by atoms with Crippen molar-refractivity contribution >= 4 is 23.7 Å². The predicted molar refractivity (Wildman–Crippen MR) is 108 cm³/mol. The standard InChI is InChI=1S/C21H30ClN3O2/c22-17-9-7-8-16(14-17)15-23-20(26)24-21(27)25(18-10-3-1-4-11-18)19-12-5-2-6-13-19/h7-9,14,18-19H,1-6,10-13,15H2,(H2,23,24,26,27). The van der Waals surface area contributed by atoms with E-state index in [0.717, 1.165) is 31.2 Å². The first-order chi connectivity index (χ1) is 13.1. The van der Waals surface area contributed by atoms with Gasteiger partial charge in [-0.15, -0.1) is 0 Å². The molecular weight excluding hydrogens is 362 g/mol. The number of hydrogen-bond acceptors (Lipinski definition) is 2. The Hall–Kier alpha value is -1.75. The molecule has 3 rings (SSSR count). The van der Waals surface area contributed by atoms with Gasteiger partial charge in [-0.3, -0.25) is 5.32 Å². The van der Waals surface area contributed by atoms with Crippen LogP contribution in [0.3, 0.4) is 0 Å². The summed E-state index contributed by atoms with van der Waals surface area (Å²) in [6, 6.07) is 7.18. The number of halogens is 1. The molecule has 27 heavy (non-hydrogen) atoms. The van der Waals surface area contributed by atoms with E-state index in [4.69, 9.17) is 11.6 Å². The molecule has 0 aliphatic heterocycles. The van der Waals surface area contributed by atoms with Crippen molar-refractivity contribution in [2.45, 2.75) is 82.8 Å². The van der Waals surface area contributed by atoms with E-state index in [9.17, 15) is 9.59 Å². The van der Waals surface area contributed by atoms with Crippen LogP contribution in [-0.4, -0.2) is 29.0 Å². The maximum absolute atomic E-state index is 13.0. The largest absolute Gasteiger partial charge is 0.334 e. The van der Waals surface area contributed by atoms with E-state index in [2.05, 4.69) is 10.6 Å². The Bertz CT molecular complexity index is 622. The van der Waals surface area contributed by atoms with Crippen molar-refractivity contribution in [1.29, 1.82) is 0 Å². The molecule has 1 aromatic rings. The second kappa shape index (κ2) is 9.98. The van der Waals surface area contributed by atoms with E-state index in [-0.39, 0.29) is 18.1 Å². The lowest BCUT2D eigenvalue weighted by Crippen LogP contribution is -2.55. The first-order valence-corrected chi connectivity index (χ1v) is 10.6. The van der Waals surface area contributed by atoms with Gasteiger partial charge in [0, 0.05) is 23.7 Å². The van der Waals surface area contributed by atoms with Crippen LogP contribution in [0.25, 0.3) is 0 Å². The van der Waals surface area contributed by atoms with Gasteiger partial charge in [0.15, 0.2) is 0 Å². The van der Waals surface area contributed by atoms with E-state index in [1.54, 1.807) is 12.1 Å². The fraction of sp³-hybridized carbons (Fsp3) is 0.619. The molecule has 2 N–H and O–H groups in total. The van der Waals surface area contributed by atoms with Crippen LogP contribution in [0.5, 0.6) is 0 Å². The monoisotopic (exact) mass is 391 g/mol. The molecule has 0 spiro atoms.